The van der Waals surface area contributed by atoms with E-state index in [1.807, 2.05) is 74.4 Å². The molecule has 0 radical (unpaired) electrons. The van der Waals surface area contributed by atoms with Crippen molar-refractivity contribution in [1.82, 2.24) is 0 Å². The fraction of sp³-hybridized carbons (Fsp3) is 0.263. The Kier molecular flexibility index (Phi) is 6.47. The van der Waals surface area contributed by atoms with Gasteiger partial charge < -0.3 is 15.5 Å². The SMILES string of the molecule is CC(=O)Nc1ccc(S[C@H](C)C(=O)Nc2ccc(N(C)C)cc2)cc1. The Hall–Kier alpha value is -2.47. The fourth-order valence-corrected chi connectivity index (χ4v) is 3.03. The van der Waals surface area contributed by atoms with Crippen LogP contribution in [-0.4, -0.2) is 31.2 Å². The Balaban J connectivity index is 1.92. The largest absolute Gasteiger partial charge is 0.378 e. The maximum atomic E-state index is 12.3. The van der Waals surface area contributed by atoms with Crippen LogP contribution >= 0.6 is 11.8 Å². The smallest absolute Gasteiger partial charge is 0.237 e. The summed E-state index contributed by atoms with van der Waals surface area (Å²) in [6, 6.07) is 15.2. The predicted octanol–water partition coefficient (Wildman–Crippen LogP) is 3.83. The summed E-state index contributed by atoms with van der Waals surface area (Å²) >= 11 is 1.47. The van der Waals surface area contributed by atoms with E-state index in [0.29, 0.717) is 0 Å². The second kappa shape index (κ2) is 8.58. The third-order valence-electron chi connectivity index (χ3n) is 3.51. The molecule has 0 saturated heterocycles. The molecule has 0 saturated carbocycles. The second-order valence-corrected chi connectivity index (χ2v) is 7.31. The quantitative estimate of drug-likeness (QED) is 0.772. The van der Waals surface area contributed by atoms with Crippen molar-refractivity contribution in [3.8, 4) is 0 Å². The summed E-state index contributed by atoms with van der Waals surface area (Å²) in [5.74, 6) is -0.151. The number of benzene rings is 2. The molecule has 0 aromatic heterocycles. The van der Waals surface area contributed by atoms with Gasteiger partial charge in [-0.05, 0) is 55.5 Å². The van der Waals surface area contributed by atoms with Crippen LogP contribution in [0, 0.1) is 0 Å². The Morgan fingerprint density at radius 3 is 1.96 bits per heavy atom. The molecule has 2 aromatic rings. The third kappa shape index (κ3) is 5.83. The summed E-state index contributed by atoms with van der Waals surface area (Å²) in [4.78, 5) is 26.4. The first-order chi connectivity index (χ1) is 11.8. The summed E-state index contributed by atoms with van der Waals surface area (Å²) in [6.45, 7) is 3.34. The van der Waals surface area contributed by atoms with Crippen LogP contribution in [0.15, 0.2) is 53.4 Å². The van der Waals surface area contributed by atoms with Crippen LogP contribution in [0.1, 0.15) is 13.8 Å². The van der Waals surface area contributed by atoms with E-state index in [-0.39, 0.29) is 17.1 Å². The van der Waals surface area contributed by atoms with Gasteiger partial charge in [0.2, 0.25) is 11.8 Å². The van der Waals surface area contributed by atoms with Crippen molar-refractivity contribution >= 4 is 40.6 Å². The topological polar surface area (TPSA) is 61.4 Å². The van der Waals surface area contributed by atoms with Crippen molar-refractivity contribution in [3.63, 3.8) is 0 Å². The lowest BCUT2D eigenvalue weighted by atomic mass is 10.2. The van der Waals surface area contributed by atoms with Gasteiger partial charge in [0.25, 0.3) is 0 Å². The second-order valence-electron chi connectivity index (χ2n) is 5.90. The average Bonchev–Trinajstić information content (AvgIpc) is 2.56. The first-order valence-electron chi connectivity index (χ1n) is 7.97. The summed E-state index contributed by atoms with van der Waals surface area (Å²) in [5.41, 5.74) is 2.61. The van der Waals surface area contributed by atoms with E-state index in [2.05, 4.69) is 10.6 Å². The van der Waals surface area contributed by atoms with Crippen molar-refractivity contribution in [2.45, 2.75) is 24.0 Å². The van der Waals surface area contributed by atoms with Gasteiger partial charge in [0, 0.05) is 43.0 Å². The highest BCUT2D eigenvalue weighted by atomic mass is 32.2. The Morgan fingerprint density at radius 1 is 0.920 bits per heavy atom. The summed E-state index contributed by atoms with van der Waals surface area (Å²) < 4.78 is 0. The molecule has 0 heterocycles. The maximum Gasteiger partial charge on any atom is 0.237 e. The zero-order chi connectivity index (χ0) is 18.4. The molecule has 0 unspecified atom stereocenters. The molecule has 0 bridgehead atoms. The average molecular weight is 357 g/mol. The minimum atomic E-state index is -0.236. The van der Waals surface area contributed by atoms with Crippen LogP contribution in [0.25, 0.3) is 0 Å². The number of amides is 2. The van der Waals surface area contributed by atoms with Gasteiger partial charge in [-0.2, -0.15) is 0 Å². The number of thioether (sulfide) groups is 1. The lowest BCUT2D eigenvalue weighted by Crippen LogP contribution is -2.22. The van der Waals surface area contributed by atoms with Gasteiger partial charge in [-0.25, -0.2) is 0 Å². The molecule has 0 aliphatic heterocycles. The summed E-state index contributed by atoms with van der Waals surface area (Å²) in [5, 5.41) is 5.42. The molecule has 2 N–H and O–H groups in total. The lowest BCUT2D eigenvalue weighted by molar-refractivity contribution is -0.115. The molecule has 0 spiro atoms. The number of anilines is 3. The molecule has 2 aromatic carbocycles. The molecule has 0 aliphatic rings. The van der Waals surface area contributed by atoms with Gasteiger partial charge in [0.1, 0.15) is 0 Å². The number of hydrogen-bond acceptors (Lipinski definition) is 4. The van der Waals surface area contributed by atoms with E-state index < -0.39 is 0 Å². The molecular formula is C19H23N3O2S. The lowest BCUT2D eigenvalue weighted by Gasteiger charge is -2.15. The molecule has 2 amide bonds. The zero-order valence-electron chi connectivity index (χ0n) is 14.9. The van der Waals surface area contributed by atoms with Crippen molar-refractivity contribution in [2.24, 2.45) is 0 Å². The summed E-state index contributed by atoms with van der Waals surface area (Å²) in [7, 11) is 3.95. The van der Waals surface area contributed by atoms with Gasteiger partial charge in [0.05, 0.1) is 5.25 Å². The van der Waals surface area contributed by atoms with Gasteiger partial charge in [-0.1, -0.05) is 0 Å². The van der Waals surface area contributed by atoms with E-state index in [4.69, 9.17) is 0 Å². The summed E-state index contributed by atoms with van der Waals surface area (Å²) in [6.07, 6.45) is 0. The molecule has 1 atom stereocenters. The molecule has 2 rings (SSSR count). The van der Waals surface area contributed by atoms with E-state index in [9.17, 15) is 9.59 Å². The van der Waals surface area contributed by atoms with Gasteiger partial charge in [-0.3, -0.25) is 9.59 Å². The van der Waals surface area contributed by atoms with Crippen LogP contribution in [0.5, 0.6) is 0 Å². The molecule has 5 nitrogen and oxygen atoms in total. The van der Waals surface area contributed by atoms with E-state index >= 15 is 0 Å². The van der Waals surface area contributed by atoms with Crippen LogP contribution in [0.3, 0.4) is 0 Å². The number of nitrogens with zero attached hydrogens (tertiary/aromatic N) is 1. The fourth-order valence-electron chi connectivity index (χ4n) is 2.16. The zero-order valence-corrected chi connectivity index (χ0v) is 15.7. The number of nitrogens with one attached hydrogen (secondary N) is 2. The predicted molar refractivity (Wildman–Crippen MR) is 105 cm³/mol. The number of hydrogen-bond donors (Lipinski definition) is 2. The Morgan fingerprint density at radius 2 is 1.44 bits per heavy atom. The highest BCUT2D eigenvalue weighted by Crippen LogP contribution is 2.26. The highest BCUT2D eigenvalue weighted by Gasteiger charge is 2.14. The van der Waals surface area contributed by atoms with Crippen LogP contribution < -0.4 is 15.5 Å². The molecule has 132 valence electrons. The Labute approximate surface area is 152 Å². The normalized spacial score (nSPS) is 11.5. The number of carbonyl (C=O) groups is 2. The van der Waals surface area contributed by atoms with Crippen molar-refractivity contribution in [1.29, 1.82) is 0 Å². The van der Waals surface area contributed by atoms with E-state index in [1.165, 1.54) is 18.7 Å². The molecule has 6 heteroatoms. The van der Waals surface area contributed by atoms with Crippen molar-refractivity contribution in [3.05, 3.63) is 48.5 Å². The molecule has 25 heavy (non-hydrogen) atoms. The minimum absolute atomic E-state index is 0.0476. The number of rotatable bonds is 6. The first-order valence-corrected chi connectivity index (χ1v) is 8.85. The third-order valence-corrected chi connectivity index (χ3v) is 4.62. The molecule has 0 aliphatic carbocycles. The van der Waals surface area contributed by atoms with Gasteiger partial charge >= 0.3 is 0 Å². The monoisotopic (exact) mass is 357 g/mol. The van der Waals surface area contributed by atoms with E-state index in [1.54, 1.807) is 0 Å². The Bertz CT molecular complexity index is 727. The van der Waals surface area contributed by atoms with Gasteiger partial charge in [-0.15, -0.1) is 11.8 Å². The molecule has 0 fully saturated rings. The standard InChI is InChI=1S/C19H23N3O2S/c1-13(25-18-11-7-15(8-12-18)20-14(2)23)19(24)21-16-5-9-17(10-6-16)22(3)4/h5-13H,1-4H3,(H,20,23)(H,21,24)/t13-/m1/s1. The van der Waals surface area contributed by atoms with Gasteiger partial charge in [0.15, 0.2) is 0 Å². The van der Waals surface area contributed by atoms with E-state index in [0.717, 1.165) is 22.0 Å². The molecular weight excluding hydrogens is 334 g/mol. The van der Waals surface area contributed by atoms with Crippen LogP contribution in [0.2, 0.25) is 0 Å². The number of carbonyl (C=O) groups excluding carboxylic acids is 2. The van der Waals surface area contributed by atoms with Crippen LogP contribution in [0.4, 0.5) is 17.1 Å². The first kappa shape index (κ1) is 18.9. The maximum absolute atomic E-state index is 12.3. The highest BCUT2D eigenvalue weighted by molar-refractivity contribution is 8.00. The minimum Gasteiger partial charge on any atom is -0.378 e. The van der Waals surface area contributed by atoms with Crippen molar-refractivity contribution in [2.75, 3.05) is 29.6 Å². The van der Waals surface area contributed by atoms with Crippen LogP contribution in [-0.2, 0) is 9.59 Å². The van der Waals surface area contributed by atoms with Crippen molar-refractivity contribution < 1.29 is 9.59 Å².